The molecule has 0 radical (unpaired) electrons. The van der Waals surface area contributed by atoms with Crippen LogP contribution in [0.25, 0.3) is 27.8 Å². The Balaban J connectivity index is 1.90. The molecule has 0 atom stereocenters. The summed E-state index contributed by atoms with van der Waals surface area (Å²) in [7, 11) is 0. The van der Waals surface area contributed by atoms with E-state index in [0.717, 1.165) is 16.6 Å². The zero-order valence-corrected chi connectivity index (χ0v) is 10.8. The molecule has 4 aromatic rings. The number of nitrogens with two attached hydrogens (primary N) is 1. The van der Waals surface area contributed by atoms with Crippen molar-refractivity contribution >= 4 is 16.6 Å². The maximum Gasteiger partial charge on any atom is 0.243 e. The number of hydrogen-bond acceptors (Lipinski definition) is 6. The summed E-state index contributed by atoms with van der Waals surface area (Å²) in [5.41, 5.74) is 7.44. The van der Waals surface area contributed by atoms with Crippen molar-refractivity contribution in [3.63, 3.8) is 0 Å². The summed E-state index contributed by atoms with van der Waals surface area (Å²) in [5, 5.41) is 17.5. The van der Waals surface area contributed by atoms with Crippen LogP contribution in [0.1, 0.15) is 0 Å². The number of nitrogens with zero attached hydrogens (tertiary/aromatic N) is 5. The Hall–Kier alpha value is -3.22. The van der Waals surface area contributed by atoms with E-state index < -0.39 is 0 Å². The molecule has 0 fully saturated rings. The molecule has 102 valence electrons. The summed E-state index contributed by atoms with van der Waals surface area (Å²) < 4.78 is 6.13. The lowest BCUT2D eigenvalue weighted by Crippen LogP contribution is -2.03. The van der Waals surface area contributed by atoms with Crippen LogP contribution in [-0.4, -0.2) is 25.3 Å². The van der Waals surface area contributed by atoms with Crippen LogP contribution < -0.4 is 5.73 Å². The maximum atomic E-state index is 5.71. The average molecular weight is 278 g/mol. The zero-order valence-electron chi connectivity index (χ0n) is 10.8. The molecule has 0 amide bonds. The van der Waals surface area contributed by atoms with Gasteiger partial charge in [0, 0.05) is 5.56 Å². The summed E-state index contributed by atoms with van der Waals surface area (Å²) in [4.78, 5) is 0. The average Bonchev–Trinajstić information content (AvgIpc) is 3.15. The molecule has 0 saturated carbocycles. The fourth-order valence-electron chi connectivity index (χ4n) is 2.27. The molecule has 21 heavy (non-hydrogen) atoms. The van der Waals surface area contributed by atoms with Crippen LogP contribution in [0.4, 0.5) is 5.82 Å². The Bertz CT molecular complexity index is 926. The SMILES string of the molecule is Nc1nonc1-n1nncc1-c1ccc2ccccc2c1. The van der Waals surface area contributed by atoms with E-state index in [0.29, 0.717) is 5.82 Å². The minimum Gasteiger partial charge on any atom is -0.378 e. The third kappa shape index (κ3) is 1.83. The number of fused-ring (bicyclic) bond motifs is 1. The molecule has 0 bridgehead atoms. The van der Waals surface area contributed by atoms with Crippen LogP contribution in [0.5, 0.6) is 0 Å². The van der Waals surface area contributed by atoms with E-state index in [9.17, 15) is 0 Å². The smallest absolute Gasteiger partial charge is 0.243 e. The molecular weight excluding hydrogens is 268 g/mol. The molecule has 7 nitrogen and oxygen atoms in total. The molecule has 0 aliphatic carbocycles. The van der Waals surface area contributed by atoms with E-state index in [-0.39, 0.29) is 5.82 Å². The van der Waals surface area contributed by atoms with Crippen LogP contribution >= 0.6 is 0 Å². The second-order valence-corrected chi connectivity index (χ2v) is 4.57. The first kappa shape index (κ1) is 11.6. The van der Waals surface area contributed by atoms with E-state index in [2.05, 4.69) is 43.5 Å². The Labute approximate surface area is 118 Å². The number of rotatable bonds is 2. The predicted molar refractivity (Wildman–Crippen MR) is 76.6 cm³/mol. The Kier molecular flexibility index (Phi) is 2.43. The van der Waals surface area contributed by atoms with Crippen molar-refractivity contribution in [2.45, 2.75) is 0 Å². The van der Waals surface area contributed by atoms with Gasteiger partial charge in [-0.3, -0.25) is 0 Å². The lowest BCUT2D eigenvalue weighted by Gasteiger charge is -2.04. The van der Waals surface area contributed by atoms with Gasteiger partial charge in [0.2, 0.25) is 11.6 Å². The van der Waals surface area contributed by atoms with E-state index >= 15 is 0 Å². The molecule has 2 aromatic carbocycles. The van der Waals surface area contributed by atoms with Crippen LogP contribution in [0.3, 0.4) is 0 Å². The first-order chi connectivity index (χ1) is 10.3. The first-order valence-electron chi connectivity index (χ1n) is 6.31. The van der Waals surface area contributed by atoms with Gasteiger partial charge in [0.25, 0.3) is 0 Å². The number of aromatic nitrogens is 5. The van der Waals surface area contributed by atoms with Gasteiger partial charge in [0.05, 0.1) is 11.9 Å². The number of anilines is 1. The highest BCUT2D eigenvalue weighted by atomic mass is 16.6. The van der Waals surface area contributed by atoms with Gasteiger partial charge in [0.1, 0.15) is 0 Å². The van der Waals surface area contributed by atoms with Gasteiger partial charge < -0.3 is 5.73 Å². The summed E-state index contributed by atoms with van der Waals surface area (Å²) in [6.45, 7) is 0. The van der Waals surface area contributed by atoms with Crippen LogP contribution in [-0.2, 0) is 0 Å². The molecule has 0 spiro atoms. The molecule has 0 aliphatic rings. The Morgan fingerprint density at radius 2 is 1.86 bits per heavy atom. The molecule has 0 aliphatic heterocycles. The fourth-order valence-corrected chi connectivity index (χ4v) is 2.27. The number of nitrogen functional groups attached to an aromatic ring is 1. The van der Waals surface area contributed by atoms with Crippen LogP contribution in [0, 0.1) is 0 Å². The van der Waals surface area contributed by atoms with Gasteiger partial charge in [-0.25, -0.2) is 4.63 Å². The summed E-state index contributed by atoms with van der Waals surface area (Å²) >= 11 is 0. The molecule has 2 aromatic heterocycles. The molecule has 2 heterocycles. The lowest BCUT2D eigenvalue weighted by atomic mass is 10.1. The number of hydrogen-bond donors (Lipinski definition) is 1. The molecule has 4 rings (SSSR count). The largest absolute Gasteiger partial charge is 0.378 e. The maximum absolute atomic E-state index is 5.71. The van der Waals surface area contributed by atoms with Gasteiger partial charge >= 0.3 is 0 Å². The topological polar surface area (TPSA) is 95.7 Å². The molecule has 2 N–H and O–H groups in total. The van der Waals surface area contributed by atoms with E-state index in [1.165, 1.54) is 10.1 Å². The van der Waals surface area contributed by atoms with E-state index in [4.69, 9.17) is 5.73 Å². The summed E-state index contributed by atoms with van der Waals surface area (Å²) in [6.07, 6.45) is 1.65. The van der Waals surface area contributed by atoms with Gasteiger partial charge in [0.15, 0.2) is 0 Å². The predicted octanol–water partition coefficient (Wildman–Crippen LogP) is 2.05. The quantitative estimate of drug-likeness (QED) is 0.603. The number of benzene rings is 2. The van der Waals surface area contributed by atoms with Crippen molar-refractivity contribution in [3.05, 3.63) is 48.7 Å². The molecule has 0 unspecified atom stereocenters. The van der Waals surface area contributed by atoms with Crippen molar-refractivity contribution in [1.29, 1.82) is 0 Å². The van der Waals surface area contributed by atoms with Gasteiger partial charge in [-0.2, -0.15) is 4.68 Å². The highest BCUT2D eigenvalue weighted by Crippen LogP contribution is 2.26. The second kappa shape index (κ2) is 4.41. The standard InChI is InChI=1S/C14H10N6O/c15-13-14(18-21-17-13)20-12(8-16-19-20)11-6-5-9-3-1-2-4-10(9)7-11/h1-8H,(H2,15,17). The summed E-state index contributed by atoms with van der Waals surface area (Å²) in [5.74, 6) is 0.498. The third-order valence-electron chi connectivity index (χ3n) is 3.29. The lowest BCUT2D eigenvalue weighted by molar-refractivity contribution is 0.307. The van der Waals surface area contributed by atoms with Crippen LogP contribution in [0.2, 0.25) is 0 Å². The fraction of sp³-hybridized carbons (Fsp3) is 0. The van der Waals surface area contributed by atoms with Crippen molar-refractivity contribution in [1.82, 2.24) is 25.3 Å². The second-order valence-electron chi connectivity index (χ2n) is 4.57. The third-order valence-corrected chi connectivity index (χ3v) is 3.29. The Morgan fingerprint density at radius 1 is 1.00 bits per heavy atom. The van der Waals surface area contributed by atoms with Crippen molar-refractivity contribution in [2.24, 2.45) is 0 Å². The highest BCUT2D eigenvalue weighted by Gasteiger charge is 2.15. The molecule has 7 heteroatoms. The first-order valence-corrected chi connectivity index (χ1v) is 6.31. The van der Waals surface area contributed by atoms with Gasteiger partial charge in [-0.15, -0.1) is 5.10 Å². The molecule has 0 saturated heterocycles. The van der Waals surface area contributed by atoms with E-state index in [1.54, 1.807) is 6.20 Å². The summed E-state index contributed by atoms with van der Waals surface area (Å²) in [6, 6.07) is 14.2. The van der Waals surface area contributed by atoms with Crippen molar-refractivity contribution in [2.75, 3.05) is 5.73 Å². The highest BCUT2D eigenvalue weighted by molar-refractivity contribution is 5.86. The van der Waals surface area contributed by atoms with Gasteiger partial charge in [-0.05, 0) is 27.2 Å². The minimum atomic E-state index is 0.169. The zero-order chi connectivity index (χ0) is 14.2. The molecular formula is C14H10N6O. The van der Waals surface area contributed by atoms with Crippen LogP contribution in [0.15, 0.2) is 53.3 Å². The Morgan fingerprint density at radius 3 is 2.67 bits per heavy atom. The van der Waals surface area contributed by atoms with Gasteiger partial charge in [-0.1, -0.05) is 41.6 Å². The van der Waals surface area contributed by atoms with Crippen molar-refractivity contribution in [3.8, 4) is 17.1 Å². The monoisotopic (exact) mass is 278 g/mol. The normalized spacial score (nSPS) is 11.0. The van der Waals surface area contributed by atoms with E-state index in [1.807, 2.05) is 24.3 Å². The minimum absolute atomic E-state index is 0.169. The van der Waals surface area contributed by atoms with Crippen molar-refractivity contribution < 1.29 is 4.63 Å².